The third-order valence-electron chi connectivity index (χ3n) is 4.90. The third kappa shape index (κ3) is 5.00. The quantitative estimate of drug-likeness (QED) is 0.579. The lowest BCUT2D eigenvalue weighted by atomic mass is 10.0. The summed E-state index contributed by atoms with van der Waals surface area (Å²) in [4.78, 5) is 17.1. The summed E-state index contributed by atoms with van der Waals surface area (Å²) in [7, 11) is 1.84. The molecule has 3 aromatic rings. The Bertz CT molecular complexity index is 1030. The lowest BCUT2D eigenvalue weighted by Gasteiger charge is -2.20. The largest absolute Gasteiger partial charge is 0.483 e. The molecule has 0 bridgehead atoms. The van der Waals surface area contributed by atoms with Gasteiger partial charge in [-0.1, -0.05) is 37.6 Å². The molecule has 0 saturated heterocycles. The zero-order valence-corrected chi connectivity index (χ0v) is 18.2. The molecule has 0 aliphatic carbocycles. The lowest BCUT2D eigenvalue weighted by molar-refractivity contribution is -0.123. The SMILES string of the molecule is Cc1cc(OCC(=O)NC(c2ccc(F)cc2)c2nccn2C)c(C(C)C)cc1Cl. The molecule has 158 valence electrons. The highest BCUT2D eigenvalue weighted by atomic mass is 35.5. The molecule has 7 heteroatoms. The molecule has 3 rings (SSSR count). The van der Waals surface area contributed by atoms with Crippen molar-refractivity contribution < 1.29 is 13.9 Å². The number of hydrogen-bond acceptors (Lipinski definition) is 3. The monoisotopic (exact) mass is 429 g/mol. The number of aromatic nitrogens is 2. The number of halogens is 2. The molecule has 30 heavy (non-hydrogen) atoms. The van der Waals surface area contributed by atoms with Crippen molar-refractivity contribution in [2.45, 2.75) is 32.7 Å². The number of nitrogens with zero attached hydrogens (tertiary/aromatic N) is 2. The van der Waals surface area contributed by atoms with E-state index in [-0.39, 0.29) is 24.2 Å². The van der Waals surface area contributed by atoms with E-state index in [4.69, 9.17) is 16.3 Å². The Labute approximate surface area is 180 Å². The van der Waals surface area contributed by atoms with Crippen molar-refractivity contribution in [2.75, 3.05) is 6.61 Å². The molecule has 0 fully saturated rings. The lowest BCUT2D eigenvalue weighted by Crippen LogP contribution is -2.34. The van der Waals surface area contributed by atoms with Crippen LogP contribution in [0.1, 0.15) is 48.3 Å². The van der Waals surface area contributed by atoms with Gasteiger partial charge in [-0.2, -0.15) is 0 Å². The molecule has 1 N–H and O–H groups in total. The molecule has 0 radical (unpaired) electrons. The first-order chi connectivity index (χ1) is 14.3. The van der Waals surface area contributed by atoms with E-state index in [1.165, 1.54) is 12.1 Å². The molecule has 1 atom stereocenters. The van der Waals surface area contributed by atoms with Crippen LogP contribution >= 0.6 is 11.6 Å². The maximum atomic E-state index is 13.4. The zero-order valence-electron chi connectivity index (χ0n) is 17.4. The Hall–Kier alpha value is -2.86. The van der Waals surface area contributed by atoms with Gasteiger partial charge in [0.05, 0.1) is 0 Å². The highest BCUT2D eigenvalue weighted by Gasteiger charge is 2.21. The van der Waals surface area contributed by atoms with E-state index < -0.39 is 6.04 Å². The van der Waals surface area contributed by atoms with E-state index in [2.05, 4.69) is 10.3 Å². The number of hydrogen-bond donors (Lipinski definition) is 1. The summed E-state index contributed by atoms with van der Waals surface area (Å²) in [5.74, 6) is 0.819. The summed E-state index contributed by atoms with van der Waals surface area (Å²) < 4.78 is 21.0. The van der Waals surface area contributed by atoms with Crippen LogP contribution in [0.4, 0.5) is 4.39 Å². The van der Waals surface area contributed by atoms with Gasteiger partial charge < -0.3 is 14.6 Å². The summed E-state index contributed by atoms with van der Waals surface area (Å²) in [6.07, 6.45) is 3.44. The van der Waals surface area contributed by atoms with E-state index >= 15 is 0 Å². The van der Waals surface area contributed by atoms with Gasteiger partial charge in [0.25, 0.3) is 5.91 Å². The predicted molar refractivity (Wildman–Crippen MR) is 115 cm³/mol. The van der Waals surface area contributed by atoms with Crippen LogP contribution in [0.2, 0.25) is 5.02 Å². The molecular formula is C23H25ClFN3O2. The fraction of sp³-hybridized carbons (Fsp3) is 0.304. The van der Waals surface area contributed by atoms with Gasteiger partial charge in [-0.15, -0.1) is 0 Å². The topological polar surface area (TPSA) is 56.1 Å². The smallest absolute Gasteiger partial charge is 0.258 e. The number of benzene rings is 2. The fourth-order valence-electron chi connectivity index (χ4n) is 3.20. The molecule has 1 aromatic heterocycles. The van der Waals surface area contributed by atoms with Crippen LogP contribution in [0.3, 0.4) is 0 Å². The van der Waals surface area contributed by atoms with Crippen molar-refractivity contribution in [1.29, 1.82) is 0 Å². The predicted octanol–water partition coefficient (Wildman–Crippen LogP) is 4.93. The molecule has 2 aromatic carbocycles. The number of ether oxygens (including phenoxy) is 1. The average Bonchev–Trinajstić information content (AvgIpc) is 3.13. The second-order valence-electron chi connectivity index (χ2n) is 7.53. The van der Waals surface area contributed by atoms with Crippen molar-refractivity contribution in [3.63, 3.8) is 0 Å². The van der Waals surface area contributed by atoms with Gasteiger partial charge in [0.1, 0.15) is 23.4 Å². The average molecular weight is 430 g/mol. The Balaban J connectivity index is 1.78. The first-order valence-electron chi connectivity index (χ1n) is 9.71. The van der Waals surface area contributed by atoms with Crippen molar-refractivity contribution in [1.82, 2.24) is 14.9 Å². The van der Waals surface area contributed by atoms with Gasteiger partial charge in [-0.05, 0) is 53.8 Å². The second kappa shape index (κ2) is 9.30. The summed E-state index contributed by atoms with van der Waals surface area (Å²) in [6, 6.07) is 9.19. The molecule has 1 unspecified atom stereocenters. The van der Waals surface area contributed by atoms with E-state index in [9.17, 15) is 9.18 Å². The van der Waals surface area contributed by atoms with E-state index in [0.29, 0.717) is 16.6 Å². The van der Waals surface area contributed by atoms with Gasteiger partial charge in [-0.3, -0.25) is 4.79 Å². The van der Waals surface area contributed by atoms with E-state index in [1.807, 2.05) is 44.5 Å². The normalized spacial score (nSPS) is 12.1. The summed E-state index contributed by atoms with van der Waals surface area (Å²) in [6.45, 7) is 5.81. The maximum absolute atomic E-state index is 13.4. The van der Waals surface area contributed by atoms with Crippen LogP contribution in [0, 0.1) is 12.7 Å². The number of rotatable bonds is 7. The summed E-state index contributed by atoms with van der Waals surface area (Å²) in [5.41, 5.74) is 2.55. The molecular weight excluding hydrogens is 405 g/mol. The van der Waals surface area contributed by atoms with Crippen LogP contribution in [-0.4, -0.2) is 22.1 Å². The molecule has 0 aliphatic rings. The van der Waals surface area contributed by atoms with Crippen LogP contribution in [0.25, 0.3) is 0 Å². The highest BCUT2D eigenvalue weighted by molar-refractivity contribution is 6.31. The standard InChI is InChI=1S/C23H25ClFN3O2/c1-14(2)18-12-19(24)15(3)11-20(18)30-13-21(29)27-22(23-26-9-10-28(23)4)16-5-7-17(25)8-6-16/h5-12,14,22H,13H2,1-4H3,(H,27,29). The van der Waals surface area contributed by atoms with E-state index in [1.54, 1.807) is 24.5 Å². The second-order valence-corrected chi connectivity index (χ2v) is 7.94. The first-order valence-corrected chi connectivity index (χ1v) is 10.1. The van der Waals surface area contributed by atoms with Crippen LogP contribution in [0.5, 0.6) is 5.75 Å². The fourth-order valence-corrected chi connectivity index (χ4v) is 3.37. The van der Waals surface area contributed by atoms with E-state index in [0.717, 1.165) is 16.7 Å². The summed E-state index contributed by atoms with van der Waals surface area (Å²) in [5, 5.41) is 3.61. The number of carbonyl (C=O) groups is 1. The van der Waals surface area contributed by atoms with Crippen LogP contribution < -0.4 is 10.1 Å². The molecule has 0 saturated carbocycles. The zero-order chi connectivity index (χ0) is 21.8. The van der Waals surface area contributed by atoms with Crippen molar-refractivity contribution in [2.24, 2.45) is 7.05 Å². The number of amides is 1. The maximum Gasteiger partial charge on any atom is 0.258 e. The minimum absolute atomic E-state index is 0.164. The Morgan fingerprint density at radius 1 is 1.27 bits per heavy atom. The Kier molecular flexibility index (Phi) is 6.77. The minimum atomic E-state index is -0.529. The molecule has 0 aliphatic heterocycles. The van der Waals surface area contributed by atoms with Crippen LogP contribution in [0.15, 0.2) is 48.8 Å². The molecule has 0 spiro atoms. The van der Waals surface area contributed by atoms with Crippen LogP contribution in [-0.2, 0) is 11.8 Å². The Morgan fingerprint density at radius 2 is 1.97 bits per heavy atom. The van der Waals surface area contributed by atoms with Gasteiger partial charge in [0, 0.05) is 24.5 Å². The Morgan fingerprint density at radius 3 is 2.57 bits per heavy atom. The molecule has 5 nitrogen and oxygen atoms in total. The molecule has 1 amide bonds. The third-order valence-corrected chi connectivity index (χ3v) is 5.30. The summed E-state index contributed by atoms with van der Waals surface area (Å²) >= 11 is 6.24. The highest BCUT2D eigenvalue weighted by Crippen LogP contribution is 2.32. The minimum Gasteiger partial charge on any atom is -0.483 e. The van der Waals surface area contributed by atoms with Crippen molar-refractivity contribution in [3.05, 3.63) is 82.1 Å². The van der Waals surface area contributed by atoms with Gasteiger partial charge >= 0.3 is 0 Å². The van der Waals surface area contributed by atoms with Gasteiger partial charge in [-0.25, -0.2) is 9.37 Å². The van der Waals surface area contributed by atoms with Gasteiger partial charge in [0.15, 0.2) is 6.61 Å². The van der Waals surface area contributed by atoms with Gasteiger partial charge in [0.2, 0.25) is 0 Å². The number of imidazole rings is 1. The number of aryl methyl sites for hydroxylation is 2. The first kappa shape index (κ1) is 21.8. The number of nitrogens with one attached hydrogen (secondary N) is 1. The molecule has 1 heterocycles. The van der Waals surface area contributed by atoms with Crippen molar-refractivity contribution >= 4 is 17.5 Å². The number of carbonyl (C=O) groups excluding carboxylic acids is 1. The van der Waals surface area contributed by atoms with Crippen molar-refractivity contribution in [3.8, 4) is 5.75 Å².